The zero-order chi connectivity index (χ0) is 15.4. The molecule has 3 rings (SSSR count). The monoisotopic (exact) mass is 336 g/mol. The highest BCUT2D eigenvalue weighted by molar-refractivity contribution is 5.85. The Labute approximate surface area is 143 Å². The van der Waals surface area contributed by atoms with Gasteiger partial charge in [0.2, 0.25) is 5.91 Å². The van der Waals surface area contributed by atoms with Crippen LogP contribution in [-0.2, 0) is 11.3 Å². The van der Waals surface area contributed by atoms with Crippen LogP contribution in [0.15, 0.2) is 28.7 Å². The van der Waals surface area contributed by atoms with Gasteiger partial charge < -0.3 is 15.1 Å². The molecule has 126 valence electrons. The van der Waals surface area contributed by atoms with E-state index in [0.29, 0.717) is 18.9 Å². The molecule has 5 heteroatoms. The molecule has 1 amide bonds. The molecule has 23 heavy (non-hydrogen) atoms. The lowest BCUT2D eigenvalue weighted by molar-refractivity contribution is -0.121. The SMILES string of the molecule is Cc1c(CNC(=O)CCC2CCNCC2)oc2ccccc12.Cl. The molecule has 0 bridgehead atoms. The largest absolute Gasteiger partial charge is 0.459 e. The van der Waals surface area contributed by atoms with Crippen molar-refractivity contribution in [3.63, 3.8) is 0 Å². The number of fused-ring (bicyclic) bond motifs is 1. The topological polar surface area (TPSA) is 54.3 Å². The molecule has 1 fully saturated rings. The Morgan fingerprint density at radius 3 is 2.78 bits per heavy atom. The Morgan fingerprint density at radius 2 is 2.04 bits per heavy atom. The number of aryl methyl sites for hydroxylation is 1. The van der Waals surface area contributed by atoms with E-state index >= 15 is 0 Å². The lowest BCUT2D eigenvalue weighted by atomic mass is 9.93. The second-order valence-corrected chi connectivity index (χ2v) is 6.16. The van der Waals surface area contributed by atoms with Gasteiger partial charge in [-0.3, -0.25) is 4.79 Å². The van der Waals surface area contributed by atoms with Gasteiger partial charge in [-0.1, -0.05) is 18.2 Å². The van der Waals surface area contributed by atoms with Crippen molar-refractivity contribution in [2.24, 2.45) is 5.92 Å². The highest BCUT2D eigenvalue weighted by atomic mass is 35.5. The van der Waals surface area contributed by atoms with E-state index < -0.39 is 0 Å². The van der Waals surface area contributed by atoms with Crippen LogP contribution < -0.4 is 10.6 Å². The number of benzene rings is 1. The van der Waals surface area contributed by atoms with Gasteiger partial charge in [0, 0.05) is 17.4 Å². The Kier molecular flexibility index (Phi) is 6.48. The van der Waals surface area contributed by atoms with E-state index in [1.54, 1.807) is 0 Å². The molecule has 1 aromatic carbocycles. The molecule has 0 aliphatic carbocycles. The molecule has 2 heterocycles. The molecule has 2 aromatic rings. The van der Waals surface area contributed by atoms with Crippen molar-refractivity contribution < 1.29 is 9.21 Å². The van der Waals surface area contributed by atoms with Gasteiger partial charge in [-0.15, -0.1) is 12.4 Å². The van der Waals surface area contributed by atoms with Crippen LogP contribution in [0.1, 0.15) is 37.0 Å². The summed E-state index contributed by atoms with van der Waals surface area (Å²) in [5.41, 5.74) is 2.01. The smallest absolute Gasteiger partial charge is 0.220 e. The number of hydrogen-bond acceptors (Lipinski definition) is 3. The quantitative estimate of drug-likeness (QED) is 0.877. The van der Waals surface area contributed by atoms with Gasteiger partial charge in [0.1, 0.15) is 11.3 Å². The number of hydrogen-bond donors (Lipinski definition) is 2. The first kappa shape index (κ1) is 17.8. The van der Waals surface area contributed by atoms with E-state index in [4.69, 9.17) is 4.42 Å². The third kappa shape index (κ3) is 4.49. The maximum atomic E-state index is 12.0. The molecule has 1 aliphatic rings. The molecular weight excluding hydrogens is 312 g/mol. The maximum absolute atomic E-state index is 12.0. The lowest BCUT2D eigenvalue weighted by Crippen LogP contribution is -2.29. The average Bonchev–Trinajstić information content (AvgIpc) is 2.88. The molecule has 1 saturated heterocycles. The molecular formula is C18H25ClN2O2. The van der Waals surface area contributed by atoms with Crippen LogP contribution in [0.2, 0.25) is 0 Å². The van der Waals surface area contributed by atoms with E-state index in [0.717, 1.165) is 41.8 Å². The number of halogens is 1. The van der Waals surface area contributed by atoms with Crippen LogP contribution in [-0.4, -0.2) is 19.0 Å². The standard InChI is InChI=1S/C18H24N2O2.ClH/c1-13-15-4-2-3-5-16(15)22-17(13)12-20-18(21)7-6-14-8-10-19-11-9-14;/h2-5,14,19H,6-12H2,1H3,(H,20,21);1H. The van der Waals surface area contributed by atoms with Crippen LogP contribution >= 0.6 is 12.4 Å². The fourth-order valence-corrected chi connectivity index (χ4v) is 3.17. The summed E-state index contributed by atoms with van der Waals surface area (Å²) in [6.07, 6.45) is 3.99. The predicted molar refractivity (Wildman–Crippen MR) is 94.9 cm³/mol. The number of piperidine rings is 1. The summed E-state index contributed by atoms with van der Waals surface area (Å²) in [6.45, 7) is 4.70. The molecule has 0 unspecified atom stereocenters. The molecule has 0 atom stereocenters. The average molecular weight is 337 g/mol. The first-order chi connectivity index (χ1) is 10.7. The third-order valence-electron chi connectivity index (χ3n) is 4.63. The van der Waals surface area contributed by atoms with Crippen molar-refractivity contribution in [3.8, 4) is 0 Å². The third-order valence-corrected chi connectivity index (χ3v) is 4.63. The summed E-state index contributed by atoms with van der Waals surface area (Å²) in [7, 11) is 0. The summed E-state index contributed by atoms with van der Waals surface area (Å²) in [6, 6.07) is 7.99. The number of para-hydroxylation sites is 1. The minimum Gasteiger partial charge on any atom is -0.459 e. The summed E-state index contributed by atoms with van der Waals surface area (Å²) in [5.74, 6) is 1.68. The van der Waals surface area contributed by atoms with Crippen LogP contribution in [0.25, 0.3) is 11.0 Å². The molecule has 0 spiro atoms. The number of carbonyl (C=O) groups is 1. The second kappa shape index (κ2) is 8.37. The number of amides is 1. The van der Waals surface area contributed by atoms with Crippen molar-refractivity contribution in [2.45, 2.75) is 39.2 Å². The normalized spacial score (nSPS) is 15.3. The van der Waals surface area contributed by atoms with Gasteiger partial charge in [-0.05, 0) is 51.3 Å². The van der Waals surface area contributed by atoms with Gasteiger partial charge in [0.15, 0.2) is 0 Å². The Bertz CT molecular complexity index is 648. The first-order valence-electron chi connectivity index (χ1n) is 8.18. The van der Waals surface area contributed by atoms with Gasteiger partial charge in [0.25, 0.3) is 0 Å². The highest BCUT2D eigenvalue weighted by Gasteiger charge is 2.15. The zero-order valence-corrected chi connectivity index (χ0v) is 14.4. The van der Waals surface area contributed by atoms with Crippen LogP contribution in [0, 0.1) is 12.8 Å². The maximum Gasteiger partial charge on any atom is 0.220 e. The first-order valence-corrected chi connectivity index (χ1v) is 8.18. The van der Waals surface area contributed by atoms with Crippen molar-refractivity contribution in [1.82, 2.24) is 10.6 Å². The van der Waals surface area contributed by atoms with E-state index in [-0.39, 0.29) is 18.3 Å². The van der Waals surface area contributed by atoms with E-state index in [2.05, 4.69) is 16.7 Å². The number of nitrogens with one attached hydrogen (secondary N) is 2. The Morgan fingerprint density at radius 1 is 1.30 bits per heavy atom. The molecule has 0 radical (unpaired) electrons. The van der Waals surface area contributed by atoms with Gasteiger partial charge in [0.05, 0.1) is 6.54 Å². The van der Waals surface area contributed by atoms with Crippen molar-refractivity contribution in [2.75, 3.05) is 13.1 Å². The summed E-state index contributed by atoms with van der Waals surface area (Å²) in [4.78, 5) is 12.0. The molecule has 1 aliphatic heterocycles. The van der Waals surface area contributed by atoms with E-state index in [9.17, 15) is 4.79 Å². The van der Waals surface area contributed by atoms with Crippen LogP contribution in [0.3, 0.4) is 0 Å². The minimum atomic E-state index is 0. The van der Waals surface area contributed by atoms with Gasteiger partial charge in [-0.2, -0.15) is 0 Å². The fraction of sp³-hybridized carbons (Fsp3) is 0.500. The summed E-state index contributed by atoms with van der Waals surface area (Å²) >= 11 is 0. The molecule has 4 nitrogen and oxygen atoms in total. The van der Waals surface area contributed by atoms with E-state index in [1.807, 2.05) is 25.1 Å². The highest BCUT2D eigenvalue weighted by Crippen LogP contribution is 2.24. The van der Waals surface area contributed by atoms with E-state index in [1.165, 1.54) is 12.8 Å². The van der Waals surface area contributed by atoms with Gasteiger partial charge >= 0.3 is 0 Å². The van der Waals surface area contributed by atoms with Gasteiger partial charge in [-0.25, -0.2) is 0 Å². The summed E-state index contributed by atoms with van der Waals surface area (Å²) < 4.78 is 5.82. The lowest BCUT2D eigenvalue weighted by Gasteiger charge is -2.22. The number of carbonyl (C=O) groups excluding carboxylic acids is 1. The number of furan rings is 1. The van der Waals surface area contributed by atoms with Crippen LogP contribution in [0.5, 0.6) is 0 Å². The molecule has 1 aromatic heterocycles. The van der Waals surface area contributed by atoms with Crippen LogP contribution in [0.4, 0.5) is 0 Å². The Balaban J connectivity index is 0.00000192. The van der Waals surface area contributed by atoms with Crippen molar-refractivity contribution >= 4 is 29.3 Å². The summed E-state index contributed by atoms with van der Waals surface area (Å²) in [5, 5.41) is 7.47. The minimum absolute atomic E-state index is 0. The predicted octanol–water partition coefficient (Wildman–Crippen LogP) is 3.56. The number of rotatable bonds is 5. The fourth-order valence-electron chi connectivity index (χ4n) is 3.17. The molecule has 2 N–H and O–H groups in total. The van der Waals surface area contributed by atoms with Crippen molar-refractivity contribution in [3.05, 3.63) is 35.6 Å². The van der Waals surface area contributed by atoms with Crippen molar-refractivity contribution in [1.29, 1.82) is 0 Å². The zero-order valence-electron chi connectivity index (χ0n) is 13.6. The molecule has 0 saturated carbocycles. The second-order valence-electron chi connectivity index (χ2n) is 6.16. The Hall–Kier alpha value is -1.52.